The highest BCUT2D eigenvalue weighted by atomic mass is 16.5. The van der Waals surface area contributed by atoms with Crippen molar-refractivity contribution in [1.29, 1.82) is 0 Å². The Labute approximate surface area is 113 Å². The van der Waals surface area contributed by atoms with E-state index in [0.717, 1.165) is 12.5 Å². The van der Waals surface area contributed by atoms with Gasteiger partial charge in [-0.2, -0.15) is 0 Å². The van der Waals surface area contributed by atoms with E-state index in [1.807, 2.05) is 0 Å². The molecule has 0 amide bonds. The first-order valence-electron chi connectivity index (χ1n) is 8.01. The average Bonchev–Trinajstić information content (AvgIpc) is 2.79. The van der Waals surface area contributed by atoms with Crippen molar-refractivity contribution in [2.45, 2.75) is 89.9 Å². The molecule has 0 unspecified atom stereocenters. The average molecular weight is 253 g/mol. The maximum Gasteiger partial charge on any atom is 0.0810 e. The van der Waals surface area contributed by atoms with Crippen molar-refractivity contribution < 1.29 is 4.74 Å². The molecule has 2 heteroatoms. The van der Waals surface area contributed by atoms with Gasteiger partial charge in [-0.05, 0) is 44.4 Å². The normalized spacial score (nSPS) is 32.0. The van der Waals surface area contributed by atoms with Gasteiger partial charge in [-0.25, -0.2) is 0 Å². The van der Waals surface area contributed by atoms with E-state index in [1.165, 1.54) is 51.4 Å². The van der Waals surface area contributed by atoms with E-state index in [9.17, 15) is 0 Å². The zero-order valence-electron chi connectivity index (χ0n) is 12.5. The summed E-state index contributed by atoms with van der Waals surface area (Å²) in [5, 5.41) is 3.60. The highest BCUT2D eigenvalue weighted by Crippen LogP contribution is 2.37. The van der Waals surface area contributed by atoms with E-state index in [2.05, 4.69) is 26.1 Å². The van der Waals surface area contributed by atoms with Crippen molar-refractivity contribution in [1.82, 2.24) is 5.32 Å². The third-order valence-electron chi connectivity index (χ3n) is 4.73. The van der Waals surface area contributed by atoms with Crippen LogP contribution in [-0.2, 0) is 4.74 Å². The van der Waals surface area contributed by atoms with Crippen LogP contribution in [0.4, 0.5) is 0 Å². The standard InChI is InChI=1S/C16H31NO/c1-13(2)17-12-16(10-4-5-11-16)18-15-8-6-14(3)7-9-15/h13-15,17H,4-12H2,1-3H3. The molecule has 106 valence electrons. The summed E-state index contributed by atoms with van der Waals surface area (Å²) < 4.78 is 6.58. The van der Waals surface area contributed by atoms with E-state index in [-0.39, 0.29) is 5.60 Å². The largest absolute Gasteiger partial charge is 0.370 e. The summed E-state index contributed by atoms with van der Waals surface area (Å²) in [6.45, 7) is 7.88. The summed E-state index contributed by atoms with van der Waals surface area (Å²) >= 11 is 0. The maximum atomic E-state index is 6.58. The first kappa shape index (κ1) is 14.3. The first-order chi connectivity index (χ1) is 8.60. The Bertz CT molecular complexity index is 237. The third kappa shape index (κ3) is 3.96. The van der Waals surface area contributed by atoms with E-state index in [4.69, 9.17) is 4.74 Å². The number of hydrogen-bond acceptors (Lipinski definition) is 2. The lowest BCUT2D eigenvalue weighted by molar-refractivity contribution is -0.104. The Balaban J connectivity index is 1.85. The summed E-state index contributed by atoms with van der Waals surface area (Å²) in [4.78, 5) is 0. The second-order valence-corrected chi connectivity index (χ2v) is 6.93. The van der Waals surface area contributed by atoms with E-state index < -0.39 is 0 Å². The molecule has 0 atom stereocenters. The zero-order chi connectivity index (χ0) is 13.0. The summed E-state index contributed by atoms with van der Waals surface area (Å²) in [7, 11) is 0. The Morgan fingerprint density at radius 2 is 1.72 bits per heavy atom. The Hall–Kier alpha value is -0.0800. The molecule has 18 heavy (non-hydrogen) atoms. The molecular formula is C16H31NO. The minimum Gasteiger partial charge on any atom is -0.370 e. The molecule has 0 aromatic rings. The summed E-state index contributed by atoms with van der Waals surface area (Å²) in [6, 6.07) is 0.567. The molecule has 0 heterocycles. The summed E-state index contributed by atoms with van der Waals surface area (Å²) in [5.74, 6) is 0.915. The molecule has 0 aromatic carbocycles. The van der Waals surface area contributed by atoms with Gasteiger partial charge >= 0.3 is 0 Å². The number of ether oxygens (including phenoxy) is 1. The molecule has 0 aliphatic heterocycles. The van der Waals surface area contributed by atoms with Crippen LogP contribution in [0.3, 0.4) is 0 Å². The van der Waals surface area contributed by atoms with Crippen LogP contribution in [0.5, 0.6) is 0 Å². The highest BCUT2D eigenvalue weighted by Gasteiger charge is 2.37. The Morgan fingerprint density at radius 3 is 2.28 bits per heavy atom. The molecule has 2 aliphatic rings. The second-order valence-electron chi connectivity index (χ2n) is 6.93. The molecule has 0 bridgehead atoms. The lowest BCUT2D eigenvalue weighted by Gasteiger charge is -2.37. The maximum absolute atomic E-state index is 6.58. The minimum atomic E-state index is 0.162. The van der Waals surface area contributed by atoms with Crippen LogP contribution in [0.2, 0.25) is 0 Å². The summed E-state index contributed by atoms with van der Waals surface area (Å²) in [6.07, 6.45) is 11.0. The van der Waals surface area contributed by atoms with Gasteiger partial charge in [0, 0.05) is 12.6 Å². The number of hydrogen-bond donors (Lipinski definition) is 1. The molecule has 0 radical (unpaired) electrons. The van der Waals surface area contributed by atoms with E-state index in [0.29, 0.717) is 12.1 Å². The van der Waals surface area contributed by atoms with Gasteiger partial charge in [0.2, 0.25) is 0 Å². The zero-order valence-corrected chi connectivity index (χ0v) is 12.5. The number of rotatable bonds is 5. The fourth-order valence-electron chi connectivity index (χ4n) is 3.45. The Morgan fingerprint density at radius 1 is 1.11 bits per heavy atom. The van der Waals surface area contributed by atoms with Gasteiger partial charge in [0.25, 0.3) is 0 Å². The van der Waals surface area contributed by atoms with Crippen molar-refractivity contribution in [3.05, 3.63) is 0 Å². The second kappa shape index (κ2) is 6.38. The molecule has 2 aliphatic carbocycles. The first-order valence-corrected chi connectivity index (χ1v) is 8.01. The molecule has 0 saturated heterocycles. The molecular weight excluding hydrogens is 222 g/mol. The van der Waals surface area contributed by atoms with Crippen molar-refractivity contribution in [2.24, 2.45) is 5.92 Å². The van der Waals surface area contributed by atoms with Crippen LogP contribution in [0.25, 0.3) is 0 Å². The van der Waals surface area contributed by atoms with Crippen LogP contribution < -0.4 is 5.32 Å². The fourth-order valence-corrected chi connectivity index (χ4v) is 3.45. The molecule has 2 rings (SSSR count). The SMILES string of the molecule is CC1CCC(OC2(CNC(C)C)CCCC2)CC1. The van der Waals surface area contributed by atoms with E-state index >= 15 is 0 Å². The van der Waals surface area contributed by atoms with Crippen molar-refractivity contribution in [3.8, 4) is 0 Å². The van der Waals surface area contributed by atoms with Crippen LogP contribution in [-0.4, -0.2) is 24.3 Å². The predicted molar refractivity (Wildman–Crippen MR) is 76.8 cm³/mol. The van der Waals surface area contributed by atoms with Crippen molar-refractivity contribution in [3.63, 3.8) is 0 Å². The highest BCUT2D eigenvalue weighted by molar-refractivity contribution is 4.90. The minimum absolute atomic E-state index is 0.162. The third-order valence-corrected chi connectivity index (χ3v) is 4.73. The van der Waals surface area contributed by atoms with Gasteiger partial charge in [0.1, 0.15) is 0 Å². The van der Waals surface area contributed by atoms with Crippen molar-refractivity contribution in [2.75, 3.05) is 6.54 Å². The fraction of sp³-hybridized carbons (Fsp3) is 1.00. The molecule has 2 nitrogen and oxygen atoms in total. The number of nitrogens with one attached hydrogen (secondary N) is 1. The lowest BCUT2D eigenvalue weighted by Crippen LogP contribution is -2.45. The summed E-state index contributed by atoms with van der Waals surface area (Å²) in [5.41, 5.74) is 0.162. The molecule has 1 N–H and O–H groups in total. The van der Waals surface area contributed by atoms with Gasteiger partial charge < -0.3 is 10.1 Å². The molecule has 2 fully saturated rings. The van der Waals surface area contributed by atoms with Gasteiger partial charge in [-0.3, -0.25) is 0 Å². The van der Waals surface area contributed by atoms with Gasteiger partial charge in [-0.1, -0.05) is 33.6 Å². The Kier molecular flexibility index (Phi) is 5.08. The smallest absolute Gasteiger partial charge is 0.0810 e. The van der Waals surface area contributed by atoms with Crippen LogP contribution >= 0.6 is 0 Å². The van der Waals surface area contributed by atoms with Gasteiger partial charge in [-0.15, -0.1) is 0 Å². The predicted octanol–water partition coefficient (Wildman–Crippen LogP) is 3.89. The van der Waals surface area contributed by atoms with E-state index in [1.54, 1.807) is 0 Å². The quantitative estimate of drug-likeness (QED) is 0.802. The molecule has 0 spiro atoms. The van der Waals surface area contributed by atoms with Crippen LogP contribution in [0, 0.1) is 5.92 Å². The van der Waals surface area contributed by atoms with Crippen LogP contribution in [0.1, 0.15) is 72.1 Å². The van der Waals surface area contributed by atoms with Crippen molar-refractivity contribution >= 4 is 0 Å². The topological polar surface area (TPSA) is 21.3 Å². The van der Waals surface area contributed by atoms with Gasteiger partial charge in [0.05, 0.1) is 11.7 Å². The van der Waals surface area contributed by atoms with Gasteiger partial charge in [0.15, 0.2) is 0 Å². The van der Waals surface area contributed by atoms with Crippen LogP contribution in [0.15, 0.2) is 0 Å². The molecule has 2 saturated carbocycles. The molecule has 0 aromatic heterocycles. The monoisotopic (exact) mass is 253 g/mol. The lowest BCUT2D eigenvalue weighted by atomic mass is 9.88.